The summed E-state index contributed by atoms with van der Waals surface area (Å²) in [6.45, 7) is 6.25. The van der Waals surface area contributed by atoms with Crippen LogP contribution in [-0.2, 0) is 32.0 Å². The number of alkyl carbamates (subject to hydrolysis) is 1. The average Bonchev–Trinajstić information content (AvgIpc) is 3.38. The number of carbonyl (C=O) groups excluding carboxylic acids is 2. The van der Waals surface area contributed by atoms with Gasteiger partial charge in [0.2, 0.25) is 0 Å². The van der Waals surface area contributed by atoms with Gasteiger partial charge in [0.15, 0.2) is 6.61 Å². The number of rotatable bonds is 17. The number of pyridine rings is 1. The van der Waals surface area contributed by atoms with Crippen molar-refractivity contribution in [2.24, 2.45) is 0 Å². The first-order valence-electron chi connectivity index (χ1n) is 15.3. The van der Waals surface area contributed by atoms with Crippen LogP contribution >= 0.6 is 42.5 Å². The maximum Gasteiger partial charge on any atom is 0.407 e. The Balaban J connectivity index is 1.42. The van der Waals surface area contributed by atoms with E-state index >= 15 is 0 Å². The number of benzene rings is 2. The molecule has 0 spiro atoms. The zero-order valence-electron chi connectivity index (χ0n) is 26.9. The Bertz CT molecular complexity index is 1690. The molecule has 0 saturated carbocycles. The number of carbonyl (C=O) groups is 2. The van der Waals surface area contributed by atoms with E-state index < -0.39 is 19.6 Å². The molecule has 48 heavy (non-hydrogen) atoms. The van der Waals surface area contributed by atoms with Gasteiger partial charge in [0.25, 0.3) is 0 Å². The van der Waals surface area contributed by atoms with Gasteiger partial charge in [-0.25, -0.2) is 14.9 Å². The minimum absolute atomic E-state index is 0.0454. The summed E-state index contributed by atoms with van der Waals surface area (Å²) in [5.41, 5.74) is 1.83. The van der Waals surface area contributed by atoms with Gasteiger partial charge >= 0.3 is 19.6 Å². The van der Waals surface area contributed by atoms with Gasteiger partial charge in [0, 0.05) is 33.9 Å². The summed E-state index contributed by atoms with van der Waals surface area (Å²) in [7, 11) is -3.51. The van der Waals surface area contributed by atoms with E-state index in [9.17, 15) is 14.2 Å². The first kappa shape index (κ1) is 37.3. The first-order chi connectivity index (χ1) is 23.0. The van der Waals surface area contributed by atoms with Gasteiger partial charge in [-0.05, 0) is 67.3 Å². The highest BCUT2D eigenvalue weighted by Crippen LogP contribution is 2.43. The van der Waals surface area contributed by atoms with E-state index in [1.807, 2.05) is 48.7 Å². The van der Waals surface area contributed by atoms with Crippen molar-refractivity contribution in [3.8, 4) is 5.75 Å². The van der Waals surface area contributed by atoms with Gasteiger partial charge in [-0.1, -0.05) is 67.0 Å². The Morgan fingerprint density at radius 3 is 2.40 bits per heavy atom. The fraction of sp³-hybridized carbons (Fsp3) is 0.333. The Kier molecular flexibility index (Phi) is 14.2. The molecule has 256 valence electrons. The smallest absolute Gasteiger partial charge is 0.407 e. The van der Waals surface area contributed by atoms with Crippen LogP contribution in [0.25, 0.3) is 0 Å². The summed E-state index contributed by atoms with van der Waals surface area (Å²) in [6, 6.07) is 17.8. The number of imidazole rings is 1. The van der Waals surface area contributed by atoms with Crippen LogP contribution < -0.4 is 14.9 Å². The molecular weight excluding hydrogens is 696 g/mol. The number of nitrogens with zero attached hydrogens (tertiary/aromatic N) is 3. The Morgan fingerprint density at radius 1 is 1.02 bits per heavy atom. The van der Waals surface area contributed by atoms with Crippen molar-refractivity contribution in [1.82, 2.24) is 24.9 Å². The summed E-state index contributed by atoms with van der Waals surface area (Å²) in [5, 5.41) is 7.34. The number of nitrogens with one attached hydrogen (secondary N) is 2. The molecule has 1 atom stereocenters. The zero-order chi connectivity index (χ0) is 34.5. The van der Waals surface area contributed by atoms with Crippen LogP contribution in [0.4, 0.5) is 4.79 Å². The van der Waals surface area contributed by atoms with Crippen LogP contribution in [-0.4, -0.2) is 52.5 Å². The molecule has 0 aliphatic rings. The lowest BCUT2D eigenvalue weighted by Gasteiger charge is -2.20. The number of hydrogen-bond donors (Lipinski definition) is 2. The van der Waals surface area contributed by atoms with Crippen molar-refractivity contribution < 1.29 is 28.2 Å². The van der Waals surface area contributed by atoms with E-state index in [1.54, 1.807) is 49.6 Å². The number of esters is 1. The van der Waals surface area contributed by atoms with Crippen LogP contribution in [0.15, 0.2) is 83.0 Å². The molecule has 1 amide bonds. The topological polar surface area (TPSA) is 134 Å². The monoisotopic (exact) mass is 733 g/mol. The normalized spacial score (nSPS) is 12.4. The molecule has 0 bridgehead atoms. The summed E-state index contributed by atoms with van der Waals surface area (Å²) in [4.78, 5) is 34.5. The molecule has 2 aromatic carbocycles. The van der Waals surface area contributed by atoms with E-state index in [-0.39, 0.29) is 44.8 Å². The molecule has 0 aliphatic carbocycles. The molecule has 0 radical (unpaired) electrons. The molecule has 4 rings (SSSR count). The van der Waals surface area contributed by atoms with E-state index in [4.69, 9.17) is 42.2 Å². The van der Waals surface area contributed by atoms with Gasteiger partial charge in [-0.2, -0.15) is 0 Å². The highest BCUT2D eigenvalue weighted by molar-refractivity contribution is 7.99. The lowest BCUT2D eigenvalue weighted by Crippen LogP contribution is -2.29. The van der Waals surface area contributed by atoms with E-state index in [0.717, 1.165) is 21.2 Å². The molecule has 15 heteroatoms. The number of para-hydroxylation sites is 1. The maximum atomic E-state index is 13.6. The second-order valence-electron chi connectivity index (χ2n) is 10.8. The molecule has 1 unspecified atom stereocenters. The van der Waals surface area contributed by atoms with Crippen molar-refractivity contribution >= 4 is 54.5 Å². The Labute approximate surface area is 294 Å². The highest BCUT2D eigenvalue weighted by atomic mass is 35.5. The van der Waals surface area contributed by atoms with Gasteiger partial charge in [0.05, 0.1) is 25.0 Å². The SMILES string of the molecule is CCOC(=O)CNP(=O)(CCCNC(=O)OCc1nc(C(C)C)c(Sc2cc(Cl)cc(Cl)c2)n1Cc1ccncc1)Oc1ccccc1. The minimum atomic E-state index is -3.51. The average molecular weight is 735 g/mol. The third-order valence-corrected chi connectivity index (χ3v) is 10.3. The Hall–Kier alpha value is -3.54. The highest BCUT2D eigenvalue weighted by Gasteiger charge is 2.26. The lowest BCUT2D eigenvalue weighted by atomic mass is 10.1. The largest absolute Gasteiger partial charge is 0.465 e. The predicted molar refractivity (Wildman–Crippen MR) is 187 cm³/mol. The van der Waals surface area contributed by atoms with E-state index in [0.29, 0.717) is 28.2 Å². The zero-order valence-corrected chi connectivity index (χ0v) is 30.1. The van der Waals surface area contributed by atoms with Gasteiger partial charge < -0.3 is 23.9 Å². The van der Waals surface area contributed by atoms with Crippen molar-refractivity contribution in [1.29, 1.82) is 0 Å². The van der Waals surface area contributed by atoms with Gasteiger partial charge in [-0.15, -0.1) is 0 Å². The van der Waals surface area contributed by atoms with Crippen molar-refractivity contribution in [2.45, 2.75) is 56.2 Å². The molecular formula is C33H38Cl2N5O6PS. The first-order valence-corrected chi connectivity index (χ1v) is 18.7. The quantitative estimate of drug-likeness (QED) is 0.0626. The van der Waals surface area contributed by atoms with Crippen LogP contribution in [0, 0.1) is 0 Å². The molecule has 2 heterocycles. The van der Waals surface area contributed by atoms with Gasteiger partial charge in [0.1, 0.15) is 23.1 Å². The second-order valence-corrected chi connectivity index (χ2v) is 15.0. The number of hydrogen-bond acceptors (Lipinski definition) is 9. The van der Waals surface area contributed by atoms with Crippen molar-refractivity contribution in [3.05, 3.63) is 100 Å². The second kappa shape index (κ2) is 18.3. The molecule has 4 aromatic rings. The molecule has 2 aromatic heterocycles. The summed E-state index contributed by atoms with van der Waals surface area (Å²) < 4.78 is 31.9. The van der Waals surface area contributed by atoms with Crippen LogP contribution in [0.5, 0.6) is 5.75 Å². The lowest BCUT2D eigenvalue weighted by molar-refractivity contribution is -0.141. The number of halogens is 2. The number of aromatic nitrogens is 3. The van der Waals surface area contributed by atoms with Crippen LogP contribution in [0.2, 0.25) is 10.0 Å². The summed E-state index contributed by atoms with van der Waals surface area (Å²) in [5.74, 6) is 0.477. The summed E-state index contributed by atoms with van der Waals surface area (Å²) in [6.07, 6.45) is 3.11. The van der Waals surface area contributed by atoms with Gasteiger partial charge in [-0.3, -0.25) is 14.3 Å². The molecule has 0 aliphatic heterocycles. The van der Waals surface area contributed by atoms with Crippen molar-refractivity contribution in [2.75, 3.05) is 25.9 Å². The molecule has 0 fully saturated rings. The fourth-order valence-electron chi connectivity index (χ4n) is 4.49. The predicted octanol–water partition coefficient (Wildman–Crippen LogP) is 7.95. The van der Waals surface area contributed by atoms with Crippen molar-refractivity contribution in [3.63, 3.8) is 0 Å². The molecule has 11 nitrogen and oxygen atoms in total. The van der Waals surface area contributed by atoms with Crippen LogP contribution in [0.1, 0.15) is 50.2 Å². The molecule has 0 saturated heterocycles. The minimum Gasteiger partial charge on any atom is -0.465 e. The van der Waals surface area contributed by atoms with E-state index in [1.165, 1.54) is 11.8 Å². The standard InChI is InChI=1S/C33H38Cl2N5O6PS/c1-4-44-30(41)20-38-47(43,46-27-9-6-5-7-10-27)16-8-13-37-33(42)45-22-29-39-31(23(2)3)32(40(29)21-24-11-14-36-15-12-24)48-28-18-25(34)17-26(35)19-28/h5-7,9-12,14-15,17-19,23H,4,8,13,16,20-22H2,1-3H3,(H,37,42)(H,38,43). The number of amides is 1. The number of ether oxygens (including phenoxy) is 2. The van der Waals surface area contributed by atoms with E-state index in [2.05, 4.69) is 15.4 Å². The molecule has 2 N–H and O–H groups in total. The Morgan fingerprint density at radius 2 is 1.73 bits per heavy atom. The van der Waals surface area contributed by atoms with Crippen LogP contribution in [0.3, 0.4) is 0 Å². The summed E-state index contributed by atoms with van der Waals surface area (Å²) >= 11 is 14.1. The third kappa shape index (κ3) is 11.6. The fourth-order valence-corrected chi connectivity index (χ4v) is 8.13. The maximum absolute atomic E-state index is 13.6. The third-order valence-electron chi connectivity index (χ3n) is 6.71.